The van der Waals surface area contributed by atoms with Crippen molar-refractivity contribution >= 4 is 48.8 Å². The topological polar surface area (TPSA) is 99.4 Å². The number of carbonyl (C=O) groups is 1. The number of nitrogens with zero attached hydrogens (tertiary/aromatic N) is 3. The Morgan fingerprint density at radius 2 is 2.00 bits per heavy atom. The fraction of sp³-hybridized carbons (Fsp3) is 0.478. The van der Waals surface area contributed by atoms with Crippen LogP contribution in [0.5, 0.6) is 11.5 Å². The summed E-state index contributed by atoms with van der Waals surface area (Å²) in [7, 11) is -0.450. The molecule has 1 unspecified atom stereocenters. The van der Waals surface area contributed by atoms with Crippen molar-refractivity contribution in [1.29, 1.82) is 0 Å². The minimum absolute atomic E-state index is 0.133. The van der Waals surface area contributed by atoms with Crippen molar-refractivity contribution in [2.75, 3.05) is 40.5 Å². The van der Waals surface area contributed by atoms with Crippen molar-refractivity contribution in [2.45, 2.75) is 30.5 Å². The van der Waals surface area contributed by atoms with E-state index >= 15 is 0 Å². The van der Waals surface area contributed by atoms with Crippen molar-refractivity contribution in [3.05, 3.63) is 34.4 Å². The maximum Gasteiger partial charge on any atom is 0.252 e. The second-order valence-corrected chi connectivity index (χ2v) is 12.1. The van der Waals surface area contributed by atoms with Crippen molar-refractivity contribution < 1.29 is 27.4 Å². The number of benzene rings is 1. The van der Waals surface area contributed by atoms with Gasteiger partial charge in [-0.1, -0.05) is 17.4 Å². The number of hydrogen-bond acceptors (Lipinski definition) is 8. The minimum Gasteiger partial charge on any atom is -0.493 e. The number of hydrogen-bond donors (Lipinski definition) is 0. The Hall–Kier alpha value is -2.25. The summed E-state index contributed by atoms with van der Waals surface area (Å²) in [6.45, 7) is 4.03. The standard InChI is InChI=1S/C23H29N3O6S3/c1-4-32-11-10-26-17-13-18(30-2)19(31-3)14-20(17)34-23(26)24-22(27)16-7-5-9-25(15-16)35(28,29)21-8-6-12-33-21/h6,8,12-14,16H,4-5,7,9-11,15H2,1-3H3. The fourth-order valence-corrected chi connectivity index (χ4v) is 7.82. The largest absolute Gasteiger partial charge is 0.493 e. The summed E-state index contributed by atoms with van der Waals surface area (Å²) in [5, 5.41) is 1.74. The van der Waals surface area contributed by atoms with E-state index in [0.29, 0.717) is 59.7 Å². The predicted octanol–water partition coefficient (Wildman–Crippen LogP) is 3.35. The smallest absolute Gasteiger partial charge is 0.252 e. The molecule has 1 aromatic carbocycles. The molecule has 12 heteroatoms. The van der Waals surface area contributed by atoms with Crippen LogP contribution in [0.4, 0.5) is 0 Å². The lowest BCUT2D eigenvalue weighted by atomic mass is 9.99. The van der Waals surface area contributed by atoms with Gasteiger partial charge in [0.15, 0.2) is 16.3 Å². The Labute approximate surface area is 212 Å². The highest BCUT2D eigenvalue weighted by Crippen LogP contribution is 2.33. The molecule has 1 fully saturated rings. The normalized spacial score (nSPS) is 17.7. The average Bonchev–Trinajstić information content (AvgIpc) is 3.52. The van der Waals surface area contributed by atoms with E-state index in [4.69, 9.17) is 14.2 Å². The van der Waals surface area contributed by atoms with Crippen LogP contribution in [0.25, 0.3) is 10.2 Å². The fourth-order valence-electron chi connectivity index (χ4n) is 4.08. The number of aromatic nitrogens is 1. The molecular weight excluding hydrogens is 510 g/mol. The highest BCUT2D eigenvalue weighted by atomic mass is 32.2. The van der Waals surface area contributed by atoms with E-state index in [1.807, 2.05) is 23.6 Å². The third-order valence-electron chi connectivity index (χ3n) is 5.88. The van der Waals surface area contributed by atoms with E-state index in [2.05, 4.69) is 4.99 Å². The van der Waals surface area contributed by atoms with Gasteiger partial charge in [-0.3, -0.25) is 4.79 Å². The predicted molar refractivity (Wildman–Crippen MR) is 136 cm³/mol. The number of piperidine rings is 1. The number of fused-ring (bicyclic) bond motifs is 1. The molecule has 190 valence electrons. The van der Waals surface area contributed by atoms with Crippen LogP contribution in [0.2, 0.25) is 0 Å². The molecule has 1 aliphatic rings. The van der Waals surface area contributed by atoms with Gasteiger partial charge in [0, 0.05) is 38.4 Å². The third kappa shape index (κ3) is 5.46. The summed E-state index contributed by atoms with van der Waals surface area (Å²) in [4.78, 5) is 18.3. The molecule has 9 nitrogen and oxygen atoms in total. The molecule has 1 saturated heterocycles. The number of thiazole rings is 1. The zero-order valence-corrected chi connectivity index (χ0v) is 22.4. The number of amides is 1. The van der Waals surface area contributed by atoms with Gasteiger partial charge < -0.3 is 18.8 Å². The summed E-state index contributed by atoms with van der Waals surface area (Å²) in [6, 6.07) is 7.05. The summed E-state index contributed by atoms with van der Waals surface area (Å²) in [5.74, 6) is 0.375. The first-order valence-electron chi connectivity index (χ1n) is 11.3. The van der Waals surface area contributed by atoms with Crippen LogP contribution in [0.1, 0.15) is 19.8 Å². The lowest BCUT2D eigenvalue weighted by Crippen LogP contribution is -2.42. The van der Waals surface area contributed by atoms with Gasteiger partial charge >= 0.3 is 0 Å². The van der Waals surface area contributed by atoms with Crippen LogP contribution in [-0.2, 0) is 26.1 Å². The van der Waals surface area contributed by atoms with Crippen LogP contribution in [-0.4, -0.2) is 63.7 Å². The summed E-state index contributed by atoms with van der Waals surface area (Å²) in [5.41, 5.74) is 0.865. The second kappa shape index (κ2) is 11.2. The molecule has 0 aliphatic carbocycles. The Kier molecular flexibility index (Phi) is 8.27. The van der Waals surface area contributed by atoms with Crippen LogP contribution in [0.15, 0.2) is 38.8 Å². The number of thiophene rings is 1. The van der Waals surface area contributed by atoms with Gasteiger partial charge in [-0.25, -0.2) is 8.42 Å². The van der Waals surface area contributed by atoms with Crippen LogP contribution in [0, 0.1) is 5.92 Å². The summed E-state index contributed by atoms with van der Waals surface area (Å²) < 4.78 is 46.9. The molecule has 0 radical (unpaired) electrons. The van der Waals surface area contributed by atoms with Crippen LogP contribution >= 0.6 is 22.7 Å². The van der Waals surface area contributed by atoms with E-state index in [-0.39, 0.29) is 12.5 Å². The number of methoxy groups -OCH3 is 2. The van der Waals surface area contributed by atoms with Crippen molar-refractivity contribution in [1.82, 2.24) is 8.87 Å². The van der Waals surface area contributed by atoms with Gasteiger partial charge in [0.05, 0.1) is 37.0 Å². The van der Waals surface area contributed by atoms with E-state index < -0.39 is 15.9 Å². The molecule has 3 aromatic rings. The first kappa shape index (κ1) is 25.8. The number of carbonyl (C=O) groups excluding carboxylic acids is 1. The molecular formula is C23H29N3O6S3. The highest BCUT2D eigenvalue weighted by Gasteiger charge is 2.33. The van der Waals surface area contributed by atoms with Gasteiger partial charge in [0.25, 0.3) is 15.9 Å². The quantitative estimate of drug-likeness (QED) is 0.387. The monoisotopic (exact) mass is 539 g/mol. The van der Waals surface area contributed by atoms with Crippen molar-refractivity contribution in [3.8, 4) is 11.5 Å². The molecule has 35 heavy (non-hydrogen) atoms. The molecule has 2 aromatic heterocycles. The Morgan fingerprint density at radius 3 is 2.69 bits per heavy atom. The van der Waals surface area contributed by atoms with Gasteiger partial charge in [-0.2, -0.15) is 9.30 Å². The van der Waals surface area contributed by atoms with Gasteiger partial charge in [-0.05, 0) is 31.2 Å². The molecule has 0 spiro atoms. The SMILES string of the molecule is CCOCCn1c(=NC(=O)C2CCCN(S(=O)(=O)c3cccs3)C2)sc2cc(OC)c(OC)cc21. The zero-order valence-electron chi connectivity index (χ0n) is 19.9. The number of sulfonamides is 1. The average molecular weight is 540 g/mol. The molecule has 3 heterocycles. The maximum absolute atomic E-state index is 13.3. The Balaban J connectivity index is 1.67. The van der Waals surface area contributed by atoms with Gasteiger partial charge in [0.2, 0.25) is 0 Å². The lowest BCUT2D eigenvalue weighted by Gasteiger charge is -2.29. The first-order valence-corrected chi connectivity index (χ1v) is 14.5. The Bertz CT molecular complexity index is 1340. The molecule has 0 bridgehead atoms. The zero-order chi connectivity index (χ0) is 25.0. The van der Waals surface area contributed by atoms with E-state index in [9.17, 15) is 13.2 Å². The Morgan fingerprint density at radius 1 is 1.23 bits per heavy atom. The van der Waals surface area contributed by atoms with Crippen molar-refractivity contribution in [3.63, 3.8) is 0 Å². The van der Waals surface area contributed by atoms with Gasteiger partial charge in [-0.15, -0.1) is 11.3 Å². The lowest BCUT2D eigenvalue weighted by molar-refractivity contribution is -0.122. The summed E-state index contributed by atoms with van der Waals surface area (Å²) in [6.07, 6.45) is 1.21. The van der Waals surface area contributed by atoms with Crippen LogP contribution in [0.3, 0.4) is 0 Å². The molecule has 4 rings (SSSR count). The molecule has 0 saturated carbocycles. The maximum atomic E-state index is 13.3. The molecule has 1 aliphatic heterocycles. The molecule has 0 N–H and O–H groups in total. The van der Waals surface area contributed by atoms with Crippen LogP contribution < -0.4 is 14.3 Å². The minimum atomic E-state index is -3.61. The third-order valence-corrected chi connectivity index (χ3v) is 10.2. The summed E-state index contributed by atoms with van der Waals surface area (Å²) >= 11 is 2.56. The number of rotatable bonds is 9. The number of ether oxygens (including phenoxy) is 3. The van der Waals surface area contributed by atoms with Crippen molar-refractivity contribution in [2.24, 2.45) is 10.9 Å². The highest BCUT2D eigenvalue weighted by molar-refractivity contribution is 7.91. The second-order valence-electron chi connectivity index (χ2n) is 7.99. The van der Waals surface area contributed by atoms with E-state index in [1.54, 1.807) is 31.7 Å². The van der Waals surface area contributed by atoms with E-state index in [0.717, 1.165) is 10.2 Å². The molecule has 1 amide bonds. The van der Waals surface area contributed by atoms with Gasteiger partial charge in [0.1, 0.15) is 4.21 Å². The first-order chi connectivity index (χ1) is 16.9. The van der Waals surface area contributed by atoms with E-state index in [1.165, 1.54) is 27.0 Å². The molecule has 1 atom stereocenters.